The lowest BCUT2D eigenvalue weighted by Crippen LogP contribution is -2.58. The van der Waals surface area contributed by atoms with E-state index in [9.17, 15) is 26.7 Å². The molecule has 2 fully saturated rings. The van der Waals surface area contributed by atoms with Crippen LogP contribution in [0.2, 0.25) is 0 Å². The van der Waals surface area contributed by atoms with Gasteiger partial charge in [0.25, 0.3) is 10.0 Å². The Kier molecular flexibility index (Phi) is 7.79. The lowest BCUT2D eigenvalue weighted by molar-refractivity contribution is -0.258. The van der Waals surface area contributed by atoms with Crippen LogP contribution in [0.4, 0.5) is 18.9 Å². The highest BCUT2D eigenvalue weighted by Gasteiger charge is 2.51. The van der Waals surface area contributed by atoms with Gasteiger partial charge < -0.3 is 20.1 Å². The molecule has 4 rings (SSSR count). The van der Waals surface area contributed by atoms with E-state index >= 15 is 0 Å². The van der Waals surface area contributed by atoms with Gasteiger partial charge in [0.05, 0.1) is 6.04 Å². The largest absolute Gasteiger partial charge is 0.421 e. The number of hydrogen-bond donors (Lipinski definition) is 2. The zero-order valence-corrected chi connectivity index (χ0v) is 21.0. The van der Waals surface area contributed by atoms with E-state index < -0.39 is 21.8 Å². The number of sulfonamides is 1. The summed E-state index contributed by atoms with van der Waals surface area (Å²) in [7, 11) is -3.62. The number of thiophene rings is 1. The predicted octanol–water partition coefficient (Wildman–Crippen LogP) is 3.17. The van der Waals surface area contributed by atoms with Gasteiger partial charge in [-0.3, -0.25) is 0 Å². The van der Waals surface area contributed by atoms with Gasteiger partial charge in [0, 0.05) is 51.1 Å². The van der Waals surface area contributed by atoms with Crippen molar-refractivity contribution in [2.75, 3.05) is 44.3 Å². The molecule has 2 aliphatic heterocycles. The van der Waals surface area contributed by atoms with Gasteiger partial charge in [0.15, 0.2) is 5.60 Å². The Balaban J connectivity index is 1.55. The van der Waals surface area contributed by atoms with Crippen molar-refractivity contribution in [1.29, 1.82) is 0 Å². The van der Waals surface area contributed by atoms with Crippen molar-refractivity contribution >= 4 is 27.0 Å². The first kappa shape index (κ1) is 26.4. The fourth-order valence-electron chi connectivity index (χ4n) is 4.44. The summed E-state index contributed by atoms with van der Waals surface area (Å²) < 4.78 is 73.2. The molecular weight excluding hydrogens is 503 g/mol. The maximum atomic E-state index is 13.2. The highest BCUT2D eigenvalue weighted by Crippen LogP contribution is 2.39. The zero-order chi connectivity index (χ0) is 25.3. The number of nitrogens with one attached hydrogen (secondary N) is 1. The molecule has 2 atom stereocenters. The Bertz CT molecular complexity index is 1070. The number of nitrogens with zero attached hydrogens (tertiary/aromatic N) is 2. The maximum absolute atomic E-state index is 13.2. The van der Waals surface area contributed by atoms with Gasteiger partial charge >= 0.3 is 6.18 Å². The number of alkyl halides is 3. The van der Waals surface area contributed by atoms with Crippen LogP contribution in [0, 0.1) is 0 Å². The zero-order valence-electron chi connectivity index (χ0n) is 19.4. The fourth-order valence-corrected chi connectivity index (χ4v) is 7.06. The summed E-state index contributed by atoms with van der Waals surface area (Å²) in [5, 5.41) is 15.2. The summed E-state index contributed by atoms with van der Waals surface area (Å²) in [5.41, 5.74) is -2.52. The molecule has 1 aromatic carbocycles. The lowest BCUT2D eigenvalue weighted by Gasteiger charge is -2.43. The van der Waals surface area contributed by atoms with Gasteiger partial charge in [-0.2, -0.15) is 17.5 Å². The molecular formula is C23H30F3N3O4S2. The van der Waals surface area contributed by atoms with Crippen molar-refractivity contribution in [3.63, 3.8) is 0 Å². The molecule has 1 aromatic heterocycles. The van der Waals surface area contributed by atoms with Crippen LogP contribution < -0.4 is 10.2 Å². The van der Waals surface area contributed by atoms with Crippen LogP contribution in [0.3, 0.4) is 0 Å². The van der Waals surface area contributed by atoms with E-state index in [2.05, 4.69) is 5.32 Å². The Labute approximate surface area is 207 Å². The molecule has 2 saturated heterocycles. The molecule has 0 bridgehead atoms. The third-order valence-corrected chi connectivity index (χ3v) is 9.95. The molecule has 0 saturated carbocycles. The van der Waals surface area contributed by atoms with E-state index in [1.165, 1.54) is 27.8 Å². The SMILES string of the molecule is CC(O)(c1ccc(N2CCN(S(=O)(=O)c3cccs3)CC2CNC2CCOCC2)cc1)C(F)(F)F. The number of ether oxygens (including phenoxy) is 1. The van der Waals surface area contributed by atoms with Gasteiger partial charge in [0.2, 0.25) is 0 Å². The maximum Gasteiger partial charge on any atom is 0.421 e. The smallest absolute Gasteiger partial charge is 0.381 e. The van der Waals surface area contributed by atoms with E-state index in [4.69, 9.17) is 4.74 Å². The second kappa shape index (κ2) is 10.3. The van der Waals surface area contributed by atoms with E-state index in [0.717, 1.165) is 19.8 Å². The number of piperazine rings is 1. The lowest BCUT2D eigenvalue weighted by atomic mass is 9.95. The van der Waals surface area contributed by atoms with Gasteiger partial charge in [-0.1, -0.05) is 18.2 Å². The van der Waals surface area contributed by atoms with E-state index in [1.807, 2.05) is 4.90 Å². The third kappa shape index (κ3) is 5.67. The highest BCUT2D eigenvalue weighted by molar-refractivity contribution is 7.91. The first-order chi connectivity index (χ1) is 16.5. The quantitative estimate of drug-likeness (QED) is 0.569. The topological polar surface area (TPSA) is 82.1 Å². The second-order valence-corrected chi connectivity index (χ2v) is 12.2. The normalized spacial score (nSPS) is 22.8. The van der Waals surface area contributed by atoms with Gasteiger partial charge in [-0.25, -0.2) is 8.42 Å². The van der Waals surface area contributed by atoms with Crippen molar-refractivity contribution < 1.29 is 31.4 Å². The minimum Gasteiger partial charge on any atom is -0.381 e. The van der Waals surface area contributed by atoms with Crippen molar-refractivity contribution in [1.82, 2.24) is 9.62 Å². The predicted molar refractivity (Wildman–Crippen MR) is 128 cm³/mol. The Hall–Kier alpha value is -1.70. The van der Waals surface area contributed by atoms with E-state index in [-0.39, 0.29) is 30.7 Å². The van der Waals surface area contributed by atoms with E-state index in [1.54, 1.807) is 29.6 Å². The number of benzene rings is 1. The van der Waals surface area contributed by atoms with Crippen LogP contribution in [0.25, 0.3) is 0 Å². The number of halogens is 3. The minimum atomic E-state index is -4.80. The molecule has 0 spiro atoms. The van der Waals surface area contributed by atoms with Gasteiger partial charge in [0.1, 0.15) is 4.21 Å². The van der Waals surface area contributed by atoms with Crippen molar-refractivity contribution in [2.24, 2.45) is 0 Å². The fraction of sp³-hybridized carbons (Fsp3) is 0.565. The highest BCUT2D eigenvalue weighted by atomic mass is 32.2. The molecule has 2 aliphatic rings. The summed E-state index contributed by atoms with van der Waals surface area (Å²) in [4.78, 5) is 2.03. The molecule has 2 unspecified atom stereocenters. The Morgan fingerprint density at radius 2 is 1.83 bits per heavy atom. The molecule has 0 aliphatic carbocycles. The summed E-state index contributed by atoms with van der Waals surface area (Å²) in [6.45, 7) is 3.49. The average molecular weight is 534 g/mol. The van der Waals surface area contributed by atoms with Crippen molar-refractivity contribution in [2.45, 2.75) is 47.8 Å². The molecule has 194 valence electrons. The van der Waals surface area contributed by atoms with Crippen LogP contribution in [0.1, 0.15) is 25.3 Å². The van der Waals surface area contributed by atoms with Crippen LogP contribution in [-0.4, -0.2) is 75.5 Å². The van der Waals surface area contributed by atoms with Gasteiger partial charge in [-0.15, -0.1) is 11.3 Å². The van der Waals surface area contributed by atoms with Crippen molar-refractivity contribution in [3.05, 3.63) is 47.3 Å². The average Bonchev–Trinajstić information content (AvgIpc) is 3.39. The second-order valence-electron chi connectivity index (χ2n) is 9.05. The van der Waals surface area contributed by atoms with Crippen LogP contribution in [0.5, 0.6) is 0 Å². The van der Waals surface area contributed by atoms with Crippen LogP contribution in [0.15, 0.2) is 46.0 Å². The first-order valence-corrected chi connectivity index (χ1v) is 13.8. The number of anilines is 1. The molecule has 35 heavy (non-hydrogen) atoms. The number of aliphatic hydroxyl groups is 1. The summed E-state index contributed by atoms with van der Waals surface area (Å²) in [5.74, 6) is 0. The number of hydrogen-bond acceptors (Lipinski definition) is 7. The molecule has 0 amide bonds. The third-order valence-electron chi connectivity index (χ3n) is 6.71. The molecule has 0 radical (unpaired) electrons. The van der Waals surface area contributed by atoms with Crippen LogP contribution >= 0.6 is 11.3 Å². The number of rotatable bonds is 7. The molecule has 2 N–H and O–H groups in total. The summed E-state index contributed by atoms with van der Waals surface area (Å²) in [6, 6.07) is 9.00. The minimum absolute atomic E-state index is 0.227. The first-order valence-electron chi connectivity index (χ1n) is 11.5. The van der Waals surface area contributed by atoms with E-state index in [0.29, 0.717) is 36.2 Å². The Morgan fingerprint density at radius 1 is 1.14 bits per heavy atom. The van der Waals surface area contributed by atoms with Crippen LogP contribution in [-0.2, 0) is 20.4 Å². The standard InChI is InChI=1S/C23H30F3N3O4S2/c1-22(30,23(24,25)26)17-4-6-19(7-5-17)29-11-10-28(35(31,32)21-3-2-14-34-21)16-20(29)15-27-18-8-12-33-13-9-18/h2-7,14,18,20,27,30H,8-13,15-16H2,1H3. The molecule has 2 aromatic rings. The molecule has 12 heteroatoms. The van der Waals surface area contributed by atoms with Crippen molar-refractivity contribution in [3.8, 4) is 0 Å². The Morgan fingerprint density at radius 3 is 2.43 bits per heavy atom. The molecule has 7 nitrogen and oxygen atoms in total. The molecule has 3 heterocycles. The van der Waals surface area contributed by atoms with Gasteiger partial charge in [-0.05, 0) is 48.9 Å². The monoisotopic (exact) mass is 533 g/mol. The summed E-state index contributed by atoms with van der Waals surface area (Å²) >= 11 is 1.18. The summed E-state index contributed by atoms with van der Waals surface area (Å²) in [6.07, 6.45) is -3.07.